The predicted molar refractivity (Wildman–Crippen MR) is 59.0 cm³/mol. The summed E-state index contributed by atoms with van der Waals surface area (Å²) in [5, 5.41) is 0.361. The van der Waals surface area contributed by atoms with Crippen LogP contribution < -0.4 is 5.73 Å². The summed E-state index contributed by atoms with van der Waals surface area (Å²) in [6, 6.07) is 0. The highest BCUT2D eigenvalue weighted by atomic mass is 32.2. The Morgan fingerprint density at radius 2 is 2.46 bits per heavy atom. The number of thioether (sulfide) groups is 1. The van der Waals surface area contributed by atoms with Gasteiger partial charge in [-0.05, 0) is 13.3 Å². The van der Waals surface area contributed by atoms with Gasteiger partial charge < -0.3 is 5.73 Å². The largest absolute Gasteiger partial charge is 0.322 e. The first kappa shape index (κ1) is 10.5. The monoisotopic (exact) mass is 193 g/mol. The molecule has 0 aromatic carbocycles. The first-order valence-corrected chi connectivity index (χ1v) is 5.66. The van der Waals surface area contributed by atoms with Gasteiger partial charge in [0.05, 0.1) is 5.25 Å². The van der Waals surface area contributed by atoms with Gasteiger partial charge in [0.1, 0.15) is 0 Å². The van der Waals surface area contributed by atoms with Crippen molar-refractivity contribution >= 4 is 11.8 Å². The van der Waals surface area contributed by atoms with Gasteiger partial charge in [-0.25, -0.2) is 0 Å². The van der Waals surface area contributed by atoms with Crippen LogP contribution in [0.3, 0.4) is 0 Å². The van der Waals surface area contributed by atoms with E-state index < -0.39 is 0 Å². The van der Waals surface area contributed by atoms with Crippen LogP contribution in [0.25, 0.3) is 0 Å². The van der Waals surface area contributed by atoms with Gasteiger partial charge in [-0.3, -0.25) is 0 Å². The van der Waals surface area contributed by atoms with Gasteiger partial charge in [-0.2, -0.15) is 0 Å². The molecule has 0 bridgehead atoms. The molecule has 1 nitrogen and oxygen atoms in total. The minimum atomic E-state index is 0.361. The van der Waals surface area contributed by atoms with Crippen LogP contribution in [0.15, 0.2) is 0 Å². The standard InChI is InChI=1S/C11H15NS/c1-10(13-9-12)7-8-11-5-3-2-4-6-11/h10-11H,3,5-6,9,12H2,1H3. The van der Waals surface area contributed by atoms with E-state index in [-0.39, 0.29) is 0 Å². The lowest BCUT2D eigenvalue weighted by Gasteiger charge is -2.08. The summed E-state index contributed by atoms with van der Waals surface area (Å²) < 4.78 is 0. The molecule has 1 aliphatic rings. The number of nitrogens with two attached hydrogens (primary N) is 1. The molecule has 0 spiro atoms. The maximum absolute atomic E-state index is 5.41. The molecule has 0 radical (unpaired) electrons. The van der Waals surface area contributed by atoms with E-state index in [0.29, 0.717) is 17.0 Å². The smallest absolute Gasteiger partial charge is 0.0641 e. The van der Waals surface area contributed by atoms with Crippen LogP contribution in [-0.4, -0.2) is 11.1 Å². The number of hydrogen-bond acceptors (Lipinski definition) is 2. The van der Waals surface area contributed by atoms with Crippen LogP contribution >= 0.6 is 11.8 Å². The predicted octanol–water partition coefficient (Wildman–Crippen LogP) is 1.83. The Kier molecular flexibility index (Phi) is 4.83. The Morgan fingerprint density at radius 1 is 1.62 bits per heavy atom. The van der Waals surface area contributed by atoms with Crippen LogP contribution in [0.1, 0.15) is 26.2 Å². The fourth-order valence-electron chi connectivity index (χ4n) is 1.18. The summed E-state index contributed by atoms with van der Waals surface area (Å²) in [7, 11) is 0. The van der Waals surface area contributed by atoms with Crippen LogP contribution in [0.5, 0.6) is 0 Å². The summed E-state index contributed by atoms with van der Waals surface area (Å²) in [6.07, 6.45) is 3.10. The Labute approximate surface area is 84.8 Å². The van der Waals surface area contributed by atoms with Crippen molar-refractivity contribution in [3.8, 4) is 23.7 Å². The van der Waals surface area contributed by atoms with Crippen molar-refractivity contribution in [2.75, 3.05) is 5.88 Å². The SMILES string of the molecule is CC(C#CC1CC#CCC1)SCN. The summed E-state index contributed by atoms with van der Waals surface area (Å²) in [5.74, 6) is 13.8. The Morgan fingerprint density at radius 3 is 3.08 bits per heavy atom. The molecule has 0 amide bonds. The molecule has 0 aliphatic heterocycles. The van der Waals surface area contributed by atoms with Crippen LogP contribution in [0, 0.1) is 29.6 Å². The molecular formula is C11H15NS. The molecule has 0 fully saturated rings. The van der Waals surface area contributed by atoms with Crippen LogP contribution in [0.4, 0.5) is 0 Å². The molecule has 2 atom stereocenters. The minimum absolute atomic E-state index is 0.361. The topological polar surface area (TPSA) is 26.0 Å². The molecule has 13 heavy (non-hydrogen) atoms. The fourth-order valence-corrected chi connectivity index (χ4v) is 1.62. The third-order valence-corrected chi connectivity index (χ3v) is 2.74. The molecule has 2 N–H and O–H groups in total. The van der Waals surface area contributed by atoms with Crippen molar-refractivity contribution < 1.29 is 0 Å². The lowest BCUT2D eigenvalue weighted by atomic mass is 9.97. The lowest BCUT2D eigenvalue weighted by Crippen LogP contribution is -2.03. The van der Waals surface area contributed by atoms with E-state index in [9.17, 15) is 0 Å². The van der Waals surface area contributed by atoms with Crippen LogP contribution in [0.2, 0.25) is 0 Å². The van der Waals surface area contributed by atoms with Crippen molar-refractivity contribution in [2.24, 2.45) is 11.7 Å². The molecule has 70 valence electrons. The van der Waals surface area contributed by atoms with E-state index in [1.54, 1.807) is 11.8 Å². The fraction of sp³-hybridized carbons (Fsp3) is 0.636. The van der Waals surface area contributed by atoms with Gasteiger partial charge >= 0.3 is 0 Å². The third kappa shape index (κ3) is 4.27. The maximum Gasteiger partial charge on any atom is 0.0641 e. The van der Waals surface area contributed by atoms with E-state index in [4.69, 9.17) is 5.73 Å². The summed E-state index contributed by atoms with van der Waals surface area (Å²) in [6.45, 7) is 2.10. The highest BCUT2D eigenvalue weighted by Crippen LogP contribution is 2.13. The summed E-state index contributed by atoms with van der Waals surface area (Å²) in [5.41, 5.74) is 5.41. The zero-order chi connectivity index (χ0) is 9.52. The highest BCUT2D eigenvalue weighted by molar-refractivity contribution is 8.00. The lowest BCUT2D eigenvalue weighted by molar-refractivity contribution is 0.627. The van der Waals surface area contributed by atoms with Gasteiger partial charge in [0.2, 0.25) is 0 Å². The first-order valence-electron chi connectivity index (χ1n) is 4.61. The van der Waals surface area contributed by atoms with Crippen molar-refractivity contribution in [1.29, 1.82) is 0 Å². The third-order valence-electron chi connectivity index (χ3n) is 1.93. The second-order valence-electron chi connectivity index (χ2n) is 3.06. The van der Waals surface area contributed by atoms with E-state index in [2.05, 4.69) is 30.6 Å². The second-order valence-corrected chi connectivity index (χ2v) is 4.43. The summed E-state index contributed by atoms with van der Waals surface area (Å²) >= 11 is 1.69. The minimum Gasteiger partial charge on any atom is -0.322 e. The molecular weight excluding hydrogens is 178 g/mol. The van der Waals surface area contributed by atoms with Crippen molar-refractivity contribution in [3.05, 3.63) is 0 Å². The van der Waals surface area contributed by atoms with E-state index in [1.807, 2.05) is 0 Å². The number of hydrogen-bond donors (Lipinski definition) is 1. The van der Waals surface area contributed by atoms with Gasteiger partial charge in [0.15, 0.2) is 0 Å². The van der Waals surface area contributed by atoms with E-state index in [1.165, 1.54) is 0 Å². The van der Waals surface area contributed by atoms with Gasteiger partial charge in [0, 0.05) is 24.6 Å². The molecule has 0 saturated heterocycles. The van der Waals surface area contributed by atoms with Crippen molar-refractivity contribution in [3.63, 3.8) is 0 Å². The number of rotatable bonds is 2. The average molecular weight is 193 g/mol. The Balaban J connectivity index is 2.34. The van der Waals surface area contributed by atoms with Crippen molar-refractivity contribution in [2.45, 2.75) is 31.4 Å². The molecule has 0 aromatic rings. The molecule has 2 unspecified atom stereocenters. The van der Waals surface area contributed by atoms with Gasteiger partial charge in [-0.1, -0.05) is 11.8 Å². The summed E-state index contributed by atoms with van der Waals surface area (Å²) in [4.78, 5) is 0. The van der Waals surface area contributed by atoms with Crippen molar-refractivity contribution in [1.82, 2.24) is 0 Å². The molecule has 1 aliphatic carbocycles. The van der Waals surface area contributed by atoms with Crippen LogP contribution in [-0.2, 0) is 0 Å². The quantitative estimate of drug-likeness (QED) is 0.535. The molecule has 0 heterocycles. The Bertz CT molecular complexity index is 263. The van der Waals surface area contributed by atoms with Gasteiger partial charge in [0.25, 0.3) is 0 Å². The molecule has 0 aromatic heterocycles. The zero-order valence-electron chi connectivity index (χ0n) is 7.97. The van der Waals surface area contributed by atoms with E-state index >= 15 is 0 Å². The van der Waals surface area contributed by atoms with Gasteiger partial charge in [-0.15, -0.1) is 23.6 Å². The first-order chi connectivity index (χ1) is 6.33. The normalized spacial score (nSPS) is 22.2. The zero-order valence-corrected chi connectivity index (χ0v) is 8.79. The second kappa shape index (κ2) is 5.97. The average Bonchev–Trinajstić information content (AvgIpc) is 2.17. The maximum atomic E-state index is 5.41. The molecule has 2 heteroatoms. The molecule has 0 saturated carbocycles. The Hall–Kier alpha value is -0.570. The van der Waals surface area contributed by atoms with E-state index in [0.717, 1.165) is 19.3 Å². The highest BCUT2D eigenvalue weighted by Gasteiger charge is 2.05. The molecule has 1 rings (SSSR count).